The fraction of sp³-hybridized carbons (Fsp3) is 0.176. The number of nitrogens with zero attached hydrogens (tertiary/aromatic N) is 1. The summed E-state index contributed by atoms with van der Waals surface area (Å²) >= 11 is 0. The number of hydrogen-bond donors (Lipinski definition) is 2. The molecule has 0 spiro atoms. The van der Waals surface area contributed by atoms with Crippen LogP contribution in [0.2, 0.25) is 0 Å². The first-order chi connectivity index (χ1) is 11.7. The lowest BCUT2D eigenvalue weighted by Gasteiger charge is -2.23. The molecule has 0 saturated carbocycles. The molecule has 2 amide bonds. The maximum absolute atomic E-state index is 12.4. The van der Waals surface area contributed by atoms with Crippen LogP contribution in [0.4, 0.5) is 11.4 Å². The van der Waals surface area contributed by atoms with Gasteiger partial charge < -0.3 is 11.1 Å². The van der Waals surface area contributed by atoms with E-state index in [1.165, 1.54) is 12.1 Å². The first-order valence-corrected chi connectivity index (χ1v) is 9.27. The highest BCUT2D eigenvalue weighted by Gasteiger charge is 2.22. The number of carbonyl (C=O) groups excluding carboxylic acids is 2. The van der Waals surface area contributed by atoms with Gasteiger partial charge in [0.2, 0.25) is 15.9 Å². The smallest absolute Gasteiger partial charge is 0.250 e. The summed E-state index contributed by atoms with van der Waals surface area (Å²) in [5.41, 5.74) is 6.80. The number of hydrogen-bond acceptors (Lipinski definition) is 4. The lowest BCUT2D eigenvalue weighted by molar-refractivity contribution is -0.114. The van der Waals surface area contributed by atoms with Gasteiger partial charge in [0.05, 0.1) is 23.2 Å². The average molecular weight is 361 g/mol. The van der Waals surface area contributed by atoms with E-state index in [2.05, 4.69) is 5.32 Å². The maximum atomic E-state index is 12.4. The molecule has 0 atom stereocenters. The number of rotatable bonds is 6. The molecule has 25 heavy (non-hydrogen) atoms. The molecule has 7 nitrogen and oxygen atoms in total. The number of carbonyl (C=O) groups is 2. The standard InChI is InChI=1S/C17H19N3O4S/c1-12-7-3-6-10-15(12)20(25(2,23)24)11-16(21)19-14-9-5-4-8-13(14)17(18)22/h3-10H,11H2,1-2H3,(H2,18,22)(H,19,21). The van der Waals surface area contributed by atoms with E-state index < -0.39 is 28.4 Å². The molecule has 132 valence electrons. The number of anilines is 2. The van der Waals surface area contributed by atoms with Crippen molar-refractivity contribution in [3.63, 3.8) is 0 Å². The number of nitrogens with two attached hydrogens (primary N) is 1. The summed E-state index contributed by atoms with van der Waals surface area (Å²) < 4.78 is 25.3. The van der Waals surface area contributed by atoms with Crippen LogP contribution >= 0.6 is 0 Å². The van der Waals surface area contributed by atoms with E-state index in [1.807, 2.05) is 0 Å². The zero-order valence-electron chi connectivity index (χ0n) is 13.9. The van der Waals surface area contributed by atoms with Crippen LogP contribution in [0.5, 0.6) is 0 Å². The maximum Gasteiger partial charge on any atom is 0.250 e. The van der Waals surface area contributed by atoms with E-state index in [1.54, 1.807) is 43.3 Å². The van der Waals surface area contributed by atoms with Gasteiger partial charge in [-0.2, -0.15) is 0 Å². The molecule has 2 aromatic carbocycles. The first-order valence-electron chi connectivity index (χ1n) is 7.42. The Bertz CT molecular complexity index is 910. The number of primary amides is 1. The van der Waals surface area contributed by atoms with Gasteiger partial charge in [0.1, 0.15) is 6.54 Å². The number of aryl methyl sites for hydroxylation is 1. The minimum absolute atomic E-state index is 0.151. The number of amides is 2. The van der Waals surface area contributed by atoms with E-state index in [4.69, 9.17) is 5.73 Å². The number of para-hydroxylation sites is 2. The van der Waals surface area contributed by atoms with Crippen molar-refractivity contribution in [3.8, 4) is 0 Å². The molecule has 3 N–H and O–H groups in total. The van der Waals surface area contributed by atoms with Gasteiger partial charge in [-0.1, -0.05) is 30.3 Å². The molecule has 0 saturated heterocycles. The highest BCUT2D eigenvalue weighted by Crippen LogP contribution is 2.22. The molecule has 0 bridgehead atoms. The highest BCUT2D eigenvalue weighted by molar-refractivity contribution is 7.92. The van der Waals surface area contributed by atoms with E-state index in [0.29, 0.717) is 5.69 Å². The normalized spacial score (nSPS) is 11.0. The van der Waals surface area contributed by atoms with Gasteiger partial charge in [0.25, 0.3) is 5.91 Å². The third-order valence-corrected chi connectivity index (χ3v) is 4.66. The van der Waals surface area contributed by atoms with Crippen molar-refractivity contribution in [2.75, 3.05) is 22.4 Å². The summed E-state index contributed by atoms with van der Waals surface area (Å²) in [5.74, 6) is -1.27. The third-order valence-electron chi connectivity index (χ3n) is 3.54. The Hall–Kier alpha value is -2.87. The molecule has 0 aliphatic carbocycles. The molecule has 0 unspecified atom stereocenters. The minimum atomic E-state index is -3.67. The van der Waals surface area contributed by atoms with Gasteiger partial charge >= 0.3 is 0 Å². The van der Waals surface area contributed by atoms with E-state index in [9.17, 15) is 18.0 Å². The van der Waals surface area contributed by atoms with E-state index >= 15 is 0 Å². The Morgan fingerprint density at radius 2 is 1.68 bits per heavy atom. The van der Waals surface area contributed by atoms with Crippen molar-refractivity contribution in [1.82, 2.24) is 0 Å². The van der Waals surface area contributed by atoms with Gasteiger partial charge in [0, 0.05) is 0 Å². The van der Waals surface area contributed by atoms with Crippen LogP contribution in [-0.2, 0) is 14.8 Å². The quantitative estimate of drug-likeness (QED) is 0.812. The topological polar surface area (TPSA) is 110 Å². The van der Waals surface area contributed by atoms with Crippen LogP contribution < -0.4 is 15.4 Å². The van der Waals surface area contributed by atoms with Crippen LogP contribution in [0, 0.1) is 6.92 Å². The predicted octanol–water partition coefficient (Wildman–Crippen LogP) is 1.50. The number of nitrogens with one attached hydrogen (secondary N) is 1. The first kappa shape index (κ1) is 18.5. The molecule has 0 aliphatic rings. The lowest BCUT2D eigenvalue weighted by atomic mass is 10.1. The SMILES string of the molecule is Cc1ccccc1N(CC(=O)Nc1ccccc1C(N)=O)S(C)(=O)=O. The van der Waals surface area contributed by atoms with Gasteiger partial charge in [-0.3, -0.25) is 13.9 Å². The Labute approximate surface area is 146 Å². The molecule has 2 rings (SSSR count). The fourth-order valence-electron chi connectivity index (χ4n) is 2.35. The molecular formula is C17H19N3O4S. The molecule has 8 heteroatoms. The van der Waals surface area contributed by atoms with Crippen LogP contribution in [0.25, 0.3) is 0 Å². The van der Waals surface area contributed by atoms with Crippen molar-refractivity contribution in [2.45, 2.75) is 6.92 Å². The average Bonchev–Trinajstić information content (AvgIpc) is 2.53. The summed E-state index contributed by atoms with van der Waals surface area (Å²) in [5, 5.41) is 2.54. The van der Waals surface area contributed by atoms with Crippen molar-refractivity contribution in [1.29, 1.82) is 0 Å². The van der Waals surface area contributed by atoms with E-state index in [0.717, 1.165) is 16.1 Å². The van der Waals surface area contributed by atoms with Gasteiger partial charge in [-0.25, -0.2) is 8.42 Å². The Morgan fingerprint density at radius 3 is 2.28 bits per heavy atom. The Kier molecular flexibility index (Phi) is 5.43. The minimum Gasteiger partial charge on any atom is -0.366 e. The summed E-state index contributed by atoms with van der Waals surface area (Å²) in [6.45, 7) is 1.34. The number of benzene rings is 2. The summed E-state index contributed by atoms with van der Waals surface area (Å²) in [6, 6.07) is 13.1. The fourth-order valence-corrected chi connectivity index (χ4v) is 3.27. The van der Waals surface area contributed by atoms with Gasteiger partial charge in [-0.05, 0) is 30.7 Å². The second-order valence-electron chi connectivity index (χ2n) is 5.51. The molecule has 2 aromatic rings. The Balaban J connectivity index is 2.28. The zero-order valence-corrected chi connectivity index (χ0v) is 14.7. The summed E-state index contributed by atoms with van der Waals surface area (Å²) in [4.78, 5) is 23.8. The van der Waals surface area contributed by atoms with E-state index in [-0.39, 0.29) is 11.3 Å². The molecular weight excluding hydrogens is 342 g/mol. The second kappa shape index (κ2) is 7.35. The second-order valence-corrected chi connectivity index (χ2v) is 7.42. The number of sulfonamides is 1. The Morgan fingerprint density at radius 1 is 1.08 bits per heavy atom. The third kappa shape index (κ3) is 4.57. The molecule has 0 heterocycles. The highest BCUT2D eigenvalue weighted by atomic mass is 32.2. The van der Waals surface area contributed by atoms with Gasteiger partial charge in [-0.15, -0.1) is 0 Å². The van der Waals surface area contributed by atoms with Crippen molar-refractivity contribution in [2.24, 2.45) is 5.73 Å². The lowest BCUT2D eigenvalue weighted by Crippen LogP contribution is -2.38. The molecule has 0 fully saturated rings. The van der Waals surface area contributed by atoms with Crippen molar-refractivity contribution in [3.05, 3.63) is 59.7 Å². The van der Waals surface area contributed by atoms with Gasteiger partial charge in [0.15, 0.2) is 0 Å². The van der Waals surface area contributed by atoms with Crippen LogP contribution in [0.1, 0.15) is 15.9 Å². The molecule has 0 aliphatic heterocycles. The molecule has 0 radical (unpaired) electrons. The monoisotopic (exact) mass is 361 g/mol. The van der Waals surface area contributed by atoms with Crippen molar-refractivity contribution >= 4 is 33.2 Å². The van der Waals surface area contributed by atoms with Crippen LogP contribution in [0.3, 0.4) is 0 Å². The zero-order chi connectivity index (χ0) is 18.6. The predicted molar refractivity (Wildman–Crippen MR) is 97.0 cm³/mol. The summed E-state index contributed by atoms with van der Waals surface area (Å²) in [7, 11) is -3.67. The van der Waals surface area contributed by atoms with Crippen LogP contribution in [0.15, 0.2) is 48.5 Å². The summed E-state index contributed by atoms with van der Waals surface area (Å²) in [6.07, 6.45) is 1.03. The largest absolute Gasteiger partial charge is 0.366 e. The molecule has 0 aromatic heterocycles. The van der Waals surface area contributed by atoms with Crippen LogP contribution in [-0.4, -0.2) is 33.0 Å². The van der Waals surface area contributed by atoms with Crippen molar-refractivity contribution < 1.29 is 18.0 Å².